The normalized spacial score (nSPS) is 19.9. The van der Waals surface area contributed by atoms with Crippen molar-refractivity contribution in [2.45, 2.75) is 36.9 Å². The first-order valence-corrected chi connectivity index (χ1v) is 12.9. The van der Waals surface area contributed by atoms with Crippen LogP contribution in [-0.2, 0) is 23.4 Å². The van der Waals surface area contributed by atoms with Gasteiger partial charge in [0.15, 0.2) is 5.82 Å². The number of pyridine rings is 1. The van der Waals surface area contributed by atoms with E-state index >= 15 is 4.39 Å². The number of hydrogen-bond donors (Lipinski definition) is 1. The number of amides is 1. The van der Waals surface area contributed by atoms with Crippen molar-refractivity contribution >= 4 is 11.6 Å². The second-order valence-electron chi connectivity index (χ2n) is 10.5. The van der Waals surface area contributed by atoms with Crippen LogP contribution in [0.1, 0.15) is 30.4 Å². The van der Waals surface area contributed by atoms with E-state index in [9.17, 15) is 22.4 Å². The SMILES string of the molecule is CN1CC[C@H](NC(=O)C2(c3cnc(-c4cccn4C)c(F)c3)CCN(c3ccc(C(F)(F)F)cc3F)CC2)C1. The molecule has 2 aliphatic heterocycles. The molecule has 1 aromatic carbocycles. The first-order valence-electron chi connectivity index (χ1n) is 12.9. The molecule has 1 atom stereocenters. The number of halogens is 5. The minimum absolute atomic E-state index is 0.0396. The summed E-state index contributed by atoms with van der Waals surface area (Å²) in [5, 5.41) is 3.13. The summed E-state index contributed by atoms with van der Waals surface area (Å²) < 4.78 is 70.9. The fourth-order valence-corrected chi connectivity index (χ4v) is 5.69. The molecule has 39 heavy (non-hydrogen) atoms. The number of benzene rings is 1. The molecule has 0 radical (unpaired) electrons. The Kier molecular flexibility index (Phi) is 7.13. The lowest BCUT2D eigenvalue weighted by Crippen LogP contribution is -2.54. The monoisotopic (exact) mass is 547 g/mol. The third kappa shape index (κ3) is 5.24. The molecule has 1 amide bonds. The molecule has 208 valence electrons. The Morgan fingerprint density at radius 1 is 1.05 bits per heavy atom. The van der Waals surface area contributed by atoms with Gasteiger partial charge in [0.2, 0.25) is 5.91 Å². The van der Waals surface area contributed by atoms with Gasteiger partial charge >= 0.3 is 6.18 Å². The van der Waals surface area contributed by atoms with Gasteiger partial charge in [-0.2, -0.15) is 13.2 Å². The second kappa shape index (κ2) is 10.3. The molecule has 0 unspecified atom stereocenters. The molecular formula is C28H30F5N5O. The van der Waals surface area contributed by atoms with Crippen molar-refractivity contribution in [1.82, 2.24) is 19.8 Å². The van der Waals surface area contributed by atoms with Crippen LogP contribution < -0.4 is 10.2 Å². The summed E-state index contributed by atoms with van der Waals surface area (Å²) in [4.78, 5) is 22.0. The molecule has 1 N–H and O–H groups in total. The number of likely N-dealkylation sites (tertiary alicyclic amines) is 1. The summed E-state index contributed by atoms with van der Waals surface area (Å²) in [6.07, 6.45) is -0.112. The van der Waals surface area contributed by atoms with Gasteiger partial charge in [0, 0.05) is 45.1 Å². The predicted molar refractivity (Wildman–Crippen MR) is 137 cm³/mol. The Balaban J connectivity index is 1.44. The van der Waals surface area contributed by atoms with Gasteiger partial charge in [-0.1, -0.05) is 0 Å². The average Bonchev–Trinajstić information content (AvgIpc) is 3.50. The molecule has 4 heterocycles. The molecule has 11 heteroatoms. The van der Waals surface area contributed by atoms with Crippen molar-refractivity contribution in [1.29, 1.82) is 0 Å². The number of anilines is 1. The molecule has 3 aromatic rings. The van der Waals surface area contributed by atoms with Gasteiger partial charge in [0.05, 0.1) is 22.4 Å². The van der Waals surface area contributed by atoms with Crippen molar-refractivity contribution in [3.05, 3.63) is 71.6 Å². The van der Waals surface area contributed by atoms with Crippen molar-refractivity contribution < 1.29 is 26.7 Å². The van der Waals surface area contributed by atoms with Crippen LogP contribution in [0.4, 0.5) is 27.6 Å². The van der Waals surface area contributed by atoms with Gasteiger partial charge in [-0.3, -0.25) is 9.78 Å². The van der Waals surface area contributed by atoms with E-state index in [0.29, 0.717) is 23.9 Å². The third-order valence-corrected chi connectivity index (χ3v) is 7.97. The summed E-state index contributed by atoms with van der Waals surface area (Å²) in [6, 6.07) is 7.30. The Bertz CT molecular complexity index is 1360. The van der Waals surface area contributed by atoms with Gasteiger partial charge in [0.25, 0.3) is 0 Å². The van der Waals surface area contributed by atoms with E-state index in [1.165, 1.54) is 12.3 Å². The molecule has 0 spiro atoms. The van der Waals surface area contributed by atoms with E-state index in [2.05, 4.69) is 15.2 Å². The predicted octanol–water partition coefficient (Wildman–Crippen LogP) is 4.74. The van der Waals surface area contributed by atoms with Crippen molar-refractivity contribution in [2.75, 3.05) is 38.1 Å². The topological polar surface area (TPSA) is 53.4 Å². The Labute approximate surface area is 223 Å². The highest BCUT2D eigenvalue weighted by molar-refractivity contribution is 5.89. The summed E-state index contributed by atoms with van der Waals surface area (Å²) in [7, 11) is 3.76. The van der Waals surface area contributed by atoms with Crippen LogP contribution in [0.2, 0.25) is 0 Å². The lowest BCUT2D eigenvalue weighted by molar-refractivity contribution is -0.137. The molecule has 2 saturated heterocycles. The molecular weight excluding hydrogens is 517 g/mol. The van der Waals surface area contributed by atoms with E-state index in [1.54, 1.807) is 34.8 Å². The third-order valence-electron chi connectivity index (χ3n) is 7.97. The van der Waals surface area contributed by atoms with Crippen LogP contribution >= 0.6 is 0 Å². The van der Waals surface area contributed by atoms with Crippen molar-refractivity contribution in [3.8, 4) is 11.4 Å². The van der Waals surface area contributed by atoms with Crippen molar-refractivity contribution in [2.24, 2.45) is 7.05 Å². The molecule has 5 rings (SSSR count). The minimum Gasteiger partial charge on any atom is -0.369 e. The number of nitrogens with one attached hydrogen (secondary N) is 1. The number of carbonyl (C=O) groups excluding carboxylic acids is 1. The van der Waals surface area contributed by atoms with Crippen LogP contribution in [0.3, 0.4) is 0 Å². The quantitative estimate of drug-likeness (QED) is 0.469. The maximum absolute atomic E-state index is 15.4. The van der Waals surface area contributed by atoms with Crippen LogP contribution in [0.25, 0.3) is 11.4 Å². The zero-order chi connectivity index (χ0) is 27.9. The van der Waals surface area contributed by atoms with Gasteiger partial charge in [-0.15, -0.1) is 0 Å². The number of hydrogen-bond acceptors (Lipinski definition) is 4. The molecule has 2 aliphatic rings. The molecule has 2 aromatic heterocycles. The van der Waals surface area contributed by atoms with E-state index in [-0.39, 0.29) is 49.3 Å². The summed E-state index contributed by atoms with van der Waals surface area (Å²) in [5.74, 6) is -1.78. The van der Waals surface area contributed by atoms with E-state index in [4.69, 9.17) is 0 Å². The van der Waals surface area contributed by atoms with Crippen molar-refractivity contribution in [3.63, 3.8) is 0 Å². The number of rotatable bonds is 5. The van der Waals surface area contributed by atoms with Gasteiger partial charge < -0.3 is 19.7 Å². The average molecular weight is 548 g/mol. The Hall–Kier alpha value is -3.47. The van der Waals surface area contributed by atoms with Crippen LogP contribution in [0, 0.1) is 11.6 Å². The molecule has 0 bridgehead atoms. The van der Waals surface area contributed by atoms with Gasteiger partial charge in [-0.05, 0) is 74.8 Å². The maximum atomic E-state index is 15.4. The fraction of sp³-hybridized carbons (Fsp3) is 0.429. The fourth-order valence-electron chi connectivity index (χ4n) is 5.69. The Morgan fingerprint density at radius 2 is 1.79 bits per heavy atom. The molecule has 2 fully saturated rings. The first-order chi connectivity index (χ1) is 18.5. The standard InChI is InChI=1S/C28H30F5N5O/c1-36-11-7-20(17-36)35-26(39)27(19-15-22(30)25(34-16-19)24-4-3-10-37(24)2)8-12-38(13-9-27)23-6-5-18(14-21(23)29)28(31,32)33/h3-6,10,14-16,20H,7-9,11-13,17H2,1-2H3,(H,35,39)/t20-/m0/s1. The summed E-state index contributed by atoms with van der Waals surface area (Å²) in [6.45, 7) is 1.94. The molecule has 0 saturated carbocycles. The smallest absolute Gasteiger partial charge is 0.369 e. The van der Waals surface area contributed by atoms with Crippen LogP contribution in [0.5, 0.6) is 0 Å². The second-order valence-corrected chi connectivity index (χ2v) is 10.5. The highest BCUT2D eigenvalue weighted by Gasteiger charge is 2.45. The number of likely N-dealkylation sites (N-methyl/N-ethyl adjacent to an activating group) is 1. The molecule has 0 aliphatic carbocycles. The minimum atomic E-state index is -4.65. The van der Waals surface area contributed by atoms with Gasteiger partial charge in [-0.25, -0.2) is 8.78 Å². The number of piperidine rings is 1. The van der Waals surface area contributed by atoms with Crippen LogP contribution in [0.15, 0.2) is 48.8 Å². The number of alkyl halides is 3. The van der Waals surface area contributed by atoms with E-state index in [1.807, 2.05) is 7.05 Å². The first kappa shape index (κ1) is 27.1. The zero-order valence-corrected chi connectivity index (χ0v) is 21.7. The zero-order valence-electron chi connectivity index (χ0n) is 21.7. The van der Waals surface area contributed by atoms with E-state index < -0.39 is 28.8 Å². The van der Waals surface area contributed by atoms with E-state index in [0.717, 1.165) is 25.1 Å². The Morgan fingerprint density at radius 3 is 2.36 bits per heavy atom. The lowest BCUT2D eigenvalue weighted by Gasteiger charge is -2.42. The van der Waals surface area contributed by atoms with Gasteiger partial charge in [0.1, 0.15) is 11.5 Å². The lowest BCUT2D eigenvalue weighted by atomic mass is 9.72. The number of aryl methyl sites for hydroxylation is 1. The summed E-state index contributed by atoms with van der Waals surface area (Å²) in [5.41, 5.74) is -0.952. The number of nitrogens with zero attached hydrogens (tertiary/aromatic N) is 4. The summed E-state index contributed by atoms with van der Waals surface area (Å²) >= 11 is 0. The highest BCUT2D eigenvalue weighted by Crippen LogP contribution is 2.40. The number of aromatic nitrogens is 2. The van der Waals surface area contributed by atoms with Crippen LogP contribution in [-0.4, -0.2) is 59.6 Å². The molecule has 6 nitrogen and oxygen atoms in total. The highest BCUT2D eigenvalue weighted by atomic mass is 19.4. The largest absolute Gasteiger partial charge is 0.416 e. The maximum Gasteiger partial charge on any atom is 0.416 e. The number of carbonyl (C=O) groups is 1.